The Bertz CT molecular complexity index is 728. The standard InChI is InChI=1S/C16H23F2N7.HI/c1-3-19-16(21-9-14-20-5-7-25(14)15(17)18)24-6-4-12(11-24)13-8-22-23(2)10-13;/h5,7-8,10,12,15H,3-4,6,9,11H2,1-2H3,(H,19,21);1H. The number of hydrogen-bond donors (Lipinski definition) is 1. The van der Waals surface area contributed by atoms with Crippen LogP contribution in [0.2, 0.25) is 0 Å². The lowest BCUT2D eigenvalue weighted by molar-refractivity contribution is 0.0671. The first kappa shape index (κ1) is 20.6. The van der Waals surface area contributed by atoms with Gasteiger partial charge in [0.05, 0.1) is 6.20 Å². The molecule has 7 nitrogen and oxygen atoms in total. The van der Waals surface area contributed by atoms with Crippen LogP contribution in [0.1, 0.15) is 37.2 Å². The first-order valence-electron chi connectivity index (χ1n) is 8.40. The van der Waals surface area contributed by atoms with Gasteiger partial charge in [0.15, 0.2) is 5.96 Å². The Kier molecular flexibility index (Phi) is 7.35. The fourth-order valence-electron chi connectivity index (χ4n) is 3.09. The molecule has 0 spiro atoms. The number of rotatable bonds is 5. The largest absolute Gasteiger partial charge is 0.357 e. The van der Waals surface area contributed by atoms with Crippen molar-refractivity contribution in [2.75, 3.05) is 19.6 Å². The third-order valence-corrected chi connectivity index (χ3v) is 4.35. The molecule has 1 atom stereocenters. The van der Waals surface area contributed by atoms with Gasteiger partial charge in [0.25, 0.3) is 0 Å². The Balaban J connectivity index is 0.00000243. The van der Waals surface area contributed by atoms with Crippen LogP contribution in [-0.4, -0.2) is 49.8 Å². The summed E-state index contributed by atoms with van der Waals surface area (Å²) in [6, 6.07) is 0. The monoisotopic (exact) mass is 479 g/mol. The molecule has 0 aliphatic carbocycles. The number of likely N-dealkylation sites (tertiary alicyclic amines) is 1. The molecule has 1 aliphatic heterocycles. The summed E-state index contributed by atoms with van der Waals surface area (Å²) in [5, 5.41) is 7.48. The third-order valence-electron chi connectivity index (χ3n) is 4.35. The number of aromatic nitrogens is 4. The van der Waals surface area contributed by atoms with E-state index in [2.05, 4.69) is 25.3 Å². The highest BCUT2D eigenvalue weighted by atomic mass is 127. The molecule has 3 heterocycles. The molecule has 3 rings (SSSR count). The molecule has 1 aliphatic rings. The minimum absolute atomic E-state index is 0. The Labute approximate surface area is 168 Å². The van der Waals surface area contributed by atoms with Gasteiger partial charge in [-0.25, -0.2) is 9.98 Å². The molecular weight excluding hydrogens is 455 g/mol. The maximum atomic E-state index is 12.9. The van der Waals surface area contributed by atoms with Crippen LogP contribution < -0.4 is 5.32 Å². The van der Waals surface area contributed by atoms with Crippen molar-refractivity contribution >= 4 is 29.9 Å². The van der Waals surface area contributed by atoms with Crippen LogP contribution in [0.5, 0.6) is 0 Å². The highest BCUT2D eigenvalue weighted by molar-refractivity contribution is 14.0. The first-order chi connectivity index (χ1) is 12.1. The Hall–Kier alpha value is -1.72. The number of halogens is 3. The van der Waals surface area contributed by atoms with Crippen LogP contribution in [0.25, 0.3) is 0 Å². The second-order valence-corrected chi connectivity index (χ2v) is 6.08. The lowest BCUT2D eigenvalue weighted by Crippen LogP contribution is -2.40. The lowest BCUT2D eigenvalue weighted by atomic mass is 10.0. The van der Waals surface area contributed by atoms with E-state index in [4.69, 9.17) is 0 Å². The molecule has 1 fully saturated rings. The topological polar surface area (TPSA) is 63.3 Å². The summed E-state index contributed by atoms with van der Waals surface area (Å²) in [6.45, 7) is 1.93. The fourth-order valence-corrected chi connectivity index (χ4v) is 3.09. The summed E-state index contributed by atoms with van der Waals surface area (Å²) in [7, 11) is 1.91. The minimum Gasteiger partial charge on any atom is -0.357 e. The zero-order valence-electron chi connectivity index (χ0n) is 14.8. The van der Waals surface area contributed by atoms with E-state index in [-0.39, 0.29) is 36.3 Å². The van der Waals surface area contributed by atoms with Gasteiger partial charge in [-0.05, 0) is 18.9 Å². The predicted octanol–water partition coefficient (Wildman–Crippen LogP) is 2.58. The van der Waals surface area contributed by atoms with Crippen molar-refractivity contribution in [1.82, 2.24) is 29.5 Å². The number of guanidine groups is 1. The van der Waals surface area contributed by atoms with E-state index in [0.29, 0.717) is 5.92 Å². The van der Waals surface area contributed by atoms with E-state index in [0.717, 1.165) is 36.6 Å². The molecule has 26 heavy (non-hydrogen) atoms. The van der Waals surface area contributed by atoms with Crippen LogP contribution in [0.4, 0.5) is 8.78 Å². The summed E-state index contributed by atoms with van der Waals surface area (Å²) >= 11 is 0. The Morgan fingerprint density at radius 2 is 2.27 bits per heavy atom. The minimum atomic E-state index is -2.60. The number of hydrogen-bond acceptors (Lipinski definition) is 3. The molecule has 0 aromatic carbocycles. The molecule has 0 bridgehead atoms. The van der Waals surface area contributed by atoms with Gasteiger partial charge in [0.1, 0.15) is 12.4 Å². The van der Waals surface area contributed by atoms with E-state index in [1.54, 1.807) is 4.68 Å². The van der Waals surface area contributed by atoms with Crippen molar-refractivity contribution in [3.8, 4) is 0 Å². The zero-order valence-corrected chi connectivity index (χ0v) is 17.2. The molecule has 2 aromatic rings. The van der Waals surface area contributed by atoms with E-state index in [9.17, 15) is 8.78 Å². The van der Waals surface area contributed by atoms with Gasteiger partial charge < -0.3 is 10.2 Å². The van der Waals surface area contributed by atoms with Crippen molar-refractivity contribution in [3.63, 3.8) is 0 Å². The number of nitrogens with one attached hydrogen (secondary N) is 1. The molecule has 144 valence electrons. The number of aryl methyl sites for hydroxylation is 1. The Morgan fingerprint density at radius 1 is 1.46 bits per heavy atom. The van der Waals surface area contributed by atoms with Crippen LogP contribution in [-0.2, 0) is 13.6 Å². The SMILES string of the molecule is CCNC(=NCc1nccn1C(F)F)N1CCC(c2cnn(C)c2)C1.I. The molecule has 2 aromatic heterocycles. The maximum Gasteiger partial charge on any atom is 0.319 e. The molecule has 0 saturated carbocycles. The van der Waals surface area contributed by atoms with Crippen molar-refractivity contribution in [1.29, 1.82) is 0 Å². The van der Waals surface area contributed by atoms with Gasteiger partial charge in [-0.3, -0.25) is 9.25 Å². The van der Waals surface area contributed by atoms with Crippen LogP contribution >= 0.6 is 24.0 Å². The van der Waals surface area contributed by atoms with E-state index in [1.165, 1.54) is 18.0 Å². The van der Waals surface area contributed by atoms with Crippen LogP contribution in [0, 0.1) is 0 Å². The molecule has 1 saturated heterocycles. The van der Waals surface area contributed by atoms with Crippen LogP contribution in [0.3, 0.4) is 0 Å². The summed E-state index contributed by atoms with van der Waals surface area (Å²) in [6.07, 6.45) is 7.60. The normalized spacial score (nSPS) is 17.7. The van der Waals surface area contributed by atoms with E-state index < -0.39 is 6.55 Å². The zero-order chi connectivity index (χ0) is 17.8. The third kappa shape index (κ3) is 4.71. The Morgan fingerprint density at radius 3 is 2.92 bits per heavy atom. The van der Waals surface area contributed by atoms with E-state index in [1.807, 2.05) is 26.4 Å². The summed E-state index contributed by atoms with van der Waals surface area (Å²) in [5.74, 6) is 1.40. The van der Waals surface area contributed by atoms with Gasteiger partial charge in [-0.2, -0.15) is 13.9 Å². The summed E-state index contributed by atoms with van der Waals surface area (Å²) < 4.78 is 28.5. The predicted molar refractivity (Wildman–Crippen MR) is 106 cm³/mol. The summed E-state index contributed by atoms with van der Waals surface area (Å²) in [5.41, 5.74) is 1.22. The number of imidazole rings is 1. The van der Waals surface area contributed by atoms with Gasteiger partial charge >= 0.3 is 6.55 Å². The van der Waals surface area contributed by atoms with E-state index >= 15 is 0 Å². The average molecular weight is 479 g/mol. The van der Waals surface area contributed by atoms with Gasteiger partial charge in [0.2, 0.25) is 0 Å². The maximum absolute atomic E-state index is 12.9. The van der Waals surface area contributed by atoms with Crippen LogP contribution in [0.15, 0.2) is 29.8 Å². The average Bonchev–Trinajstić information content (AvgIpc) is 3.31. The van der Waals surface area contributed by atoms with Gasteiger partial charge in [0, 0.05) is 51.2 Å². The number of alkyl halides is 2. The summed E-state index contributed by atoms with van der Waals surface area (Å²) in [4.78, 5) is 10.7. The molecule has 1 N–H and O–H groups in total. The number of aliphatic imine (C=N–C) groups is 1. The van der Waals surface area contributed by atoms with Crippen molar-refractivity contribution in [3.05, 3.63) is 36.2 Å². The molecular formula is C16H24F2IN7. The first-order valence-corrected chi connectivity index (χ1v) is 8.40. The van der Waals surface area contributed by atoms with Crippen molar-refractivity contribution in [2.24, 2.45) is 12.0 Å². The fraction of sp³-hybridized carbons (Fsp3) is 0.562. The molecule has 0 amide bonds. The van der Waals surface area contributed by atoms with Gasteiger partial charge in [-0.1, -0.05) is 0 Å². The molecule has 0 radical (unpaired) electrons. The second kappa shape index (κ2) is 9.28. The van der Waals surface area contributed by atoms with Gasteiger partial charge in [-0.15, -0.1) is 24.0 Å². The number of nitrogens with zero attached hydrogens (tertiary/aromatic N) is 6. The second-order valence-electron chi connectivity index (χ2n) is 6.08. The highest BCUT2D eigenvalue weighted by Gasteiger charge is 2.27. The van der Waals surface area contributed by atoms with Crippen molar-refractivity contribution < 1.29 is 8.78 Å². The lowest BCUT2D eigenvalue weighted by Gasteiger charge is -2.21. The molecule has 10 heteroatoms. The quantitative estimate of drug-likeness (QED) is 0.407. The molecule has 1 unspecified atom stereocenters. The highest BCUT2D eigenvalue weighted by Crippen LogP contribution is 2.26. The smallest absolute Gasteiger partial charge is 0.319 e. The van der Waals surface area contributed by atoms with Crippen molar-refractivity contribution in [2.45, 2.75) is 32.4 Å².